The summed E-state index contributed by atoms with van der Waals surface area (Å²) in [6.07, 6.45) is 0.491. The molecule has 702 valence electrons. The monoisotopic (exact) mass is 1820 g/mol. The first-order valence-corrected chi connectivity index (χ1v) is 43.5. The first-order valence-electron chi connectivity index (χ1n) is 42.3. The minimum absolute atomic E-state index is 0.123. The first kappa shape index (κ1) is 103. The van der Waals surface area contributed by atoms with Gasteiger partial charge in [-0.3, -0.25) is 86.3 Å². The summed E-state index contributed by atoms with van der Waals surface area (Å²) in [5, 5.41) is 64.8. The number of rotatable bonds is 23. The van der Waals surface area contributed by atoms with Crippen molar-refractivity contribution >= 4 is 129 Å². The van der Waals surface area contributed by atoms with Crippen LogP contribution in [0, 0.1) is 23.7 Å². The Balaban J connectivity index is 1.30. The summed E-state index contributed by atoms with van der Waals surface area (Å²) < 4.78 is 0. The lowest BCUT2D eigenvalue weighted by molar-refractivity contribution is -0.147. The highest BCUT2D eigenvalue weighted by molar-refractivity contribution is 8.00. The number of benzene rings is 4. The number of aliphatic hydroxyl groups is 1. The number of nitrogens with two attached hydrogens (primary N) is 2. The van der Waals surface area contributed by atoms with Crippen molar-refractivity contribution in [2.24, 2.45) is 35.1 Å². The number of carboxylic acids is 1. The van der Waals surface area contributed by atoms with Gasteiger partial charge in [-0.05, 0) is 89.5 Å². The highest BCUT2D eigenvalue weighted by atomic mass is 32.2. The molecule has 1 aliphatic heterocycles. The number of carboxylic acid groups (broad SMARTS) is 1. The van der Waals surface area contributed by atoms with Crippen molar-refractivity contribution in [3.63, 3.8) is 0 Å². The number of primary amides is 2. The maximum atomic E-state index is 15.4. The number of aromatic amines is 2. The first-order chi connectivity index (χ1) is 61.5. The number of imidazole rings is 1. The van der Waals surface area contributed by atoms with Gasteiger partial charge in [-0.15, -0.1) is 11.8 Å². The Morgan fingerprint density at radius 1 is 0.492 bits per heavy atom. The average molecular weight is 1820 g/mol. The van der Waals surface area contributed by atoms with E-state index in [1.807, 2.05) is 30.3 Å². The van der Waals surface area contributed by atoms with Gasteiger partial charge in [0.2, 0.25) is 100 Å². The summed E-state index contributed by atoms with van der Waals surface area (Å²) >= 11 is 0.683. The fourth-order valence-electron chi connectivity index (χ4n) is 14.1. The normalized spacial score (nSPS) is 23.1. The molecule has 13 atom stereocenters. The number of phenolic OH excluding ortho intramolecular Hbond substituents is 1. The maximum Gasteiger partial charge on any atom is 0.305 e. The van der Waals surface area contributed by atoms with E-state index < -0.39 is 253 Å². The molecule has 17 amide bonds. The molecule has 3 heterocycles. The van der Waals surface area contributed by atoms with Crippen LogP contribution in [0.15, 0.2) is 122 Å². The van der Waals surface area contributed by atoms with E-state index in [9.17, 15) is 77.6 Å². The summed E-state index contributed by atoms with van der Waals surface area (Å²) in [7, 11) is 2.47. The second kappa shape index (κ2) is 49.5. The fraction of sp³-hybridized carbons (Fsp3) is 0.466. The molecular formula is C88H118N20O21S. The van der Waals surface area contributed by atoms with Crippen molar-refractivity contribution in [2.45, 2.75) is 192 Å². The molecule has 1 aliphatic rings. The zero-order valence-corrected chi connectivity index (χ0v) is 75.0. The number of likely N-dealkylation sites (N-methyl/N-ethyl adjacent to an activating group) is 2. The topological polar surface area (TPSA) is 627 Å². The molecule has 6 aromatic rings. The molecule has 130 heavy (non-hydrogen) atoms. The van der Waals surface area contributed by atoms with Crippen molar-refractivity contribution in [3.05, 3.63) is 144 Å². The minimum atomic E-state index is -2.07. The van der Waals surface area contributed by atoms with Crippen LogP contribution in [-0.2, 0) is 112 Å². The number of hydrogen-bond donors (Lipinski definition) is 20. The number of para-hydroxylation sites is 1. The highest BCUT2D eigenvalue weighted by Gasteiger charge is 2.41. The van der Waals surface area contributed by atoms with Crippen molar-refractivity contribution in [3.8, 4) is 16.9 Å². The number of nitrogens with zero attached hydrogens (tertiary/aromatic N) is 3. The third kappa shape index (κ3) is 31.9. The molecule has 7 rings (SSSR count). The molecule has 0 unspecified atom stereocenters. The van der Waals surface area contributed by atoms with E-state index in [2.05, 4.69) is 84.1 Å². The van der Waals surface area contributed by atoms with Gasteiger partial charge < -0.3 is 116 Å². The Kier molecular flexibility index (Phi) is 39.3. The number of aliphatic carboxylic acids is 1. The Hall–Kier alpha value is -13.8. The fourth-order valence-corrected chi connectivity index (χ4v) is 14.9. The van der Waals surface area contributed by atoms with Crippen LogP contribution < -0.4 is 80.6 Å². The molecule has 41 nitrogen and oxygen atoms in total. The molecular weight excluding hydrogens is 1710 g/mol. The second-order valence-electron chi connectivity index (χ2n) is 33.4. The van der Waals surface area contributed by atoms with Gasteiger partial charge in [0.25, 0.3) is 0 Å². The Bertz CT molecular complexity index is 4990. The smallest absolute Gasteiger partial charge is 0.305 e. The van der Waals surface area contributed by atoms with Gasteiger partial charge in [0.15, 0.2) is 0 Å². The van der Waals surface area contributed by atoms with Gasteiger partial charge in [-0.2, -0.15) is 0 Å². The van der Waals surface area contributed by atoms with E-state index in [-0.39, 0.29) is 55.0 Å². The number of aromatic hydroxyl groups is 1. The second-order valence-corrected chi connectivity index (χ2v) is 34.4. The van der Waals surface area contributed by atoms with Gasteiger partial charge >= 0.3 is 5.97 Å². The number of carbonyl (C=O) groups is 18. The molecule has 1 saturated heterocycles. The predicted molar refractivity (Wildman–Crippen MR) is 476 cm³/mol. The van der Waals surface area contributed by atoms with Gasteiger partial charge in [0, 0.05) is 74.5 Å². The van der Waals surface area contributed by atoms with E-state index in [0.717, 1.165) is 20.9 Å². The number of fused-ring (bicyclic) bond motifs is 1. The van der Waals surface area contributed by atoms with Crippen LogP contribution in [0.1, 0.15) is 110 Å². The summed E-state index contributed by atoms with van der Waals surface area (Å²) in [6.45, 7) is 11.7. The number of H-pyrrole nitrogens is 2. The van der Waals surface area contributed by atoms with E-state index in [1.54, 1.807) is 96.3 Å². The molecule has 0 saturated carbocycles. The van der Waals surface area contributed by atoms with Crippen molar-refractivity contribution in [2.75, 3.05) is 45.3 Å². The molecule has 0 aliphatic carbocycles. The summed E-state index contributed by atoms with van der Waals surface area (Å²) in [6, 6.07) is 7.03. The standard InChI is InChI=1S/C88H118N20O21S/c1-45(2)29-59-77(118)100-62(31-50-21-25-53(26-22-50)52-17-13-12-14-18-52)84(125)106-75(48(7)8)88(129)108(11)49(9)87(128)107(10)40-71(113)95-65(35-69(89)111)81(122)98-60(30-46(3)4)83(124)105-74(47(5)6)86(127)103-67(41-109)85(126)104-68(76(117)93-39-70(90)112)42-130-43-72(114)96-64(34-55-38-91-44-94-55)80(121)99-61(32-51-23-27-56(110)28-24-51)78(119)102-66(36-73(115)116)82(123)101-63(79(120)97-59)33-54-37-92-58-20-16-15-19-57(54)58/h12-28,37-38,44-49,59-68,74-75,92,109-110H,29-36,39-43H2,1-11H3,(H2,89,111)(H2,90,112)(H,91,94)(H,93,117)(H,95,113)(H,96,114)(H,97,120)(H,98,122)(H,99,121)(H,100,118)(H,101,123)(H,102,119)(H,103,127)(H,104,126)(H,105,124)(H,106,125)(H,115,116)/t49-,59-,60-,61-,62-,63-,64-,65-,66-,67-,68-,74-,75-/m0/s1. The van der Waals surface area contributed by atoms with Crippen LogP contribution in [0.4, 0.5) is 0 Å². The van der Waals surface area contributed by atoms with Gasteiger partial charge in [0.1, 0.15) is 84.3 Å². The van der Waals surface area contributed by atoms with Crippen LogP contribution >= 0.6 is 11.8 Å². The van der Waals surface area contributed by atoms with Crippen molar-refractivity contribution in [1.29, 1.82) is 0 Å². The summed E-state index contributed by atoms with van der Waals surface area (Å²) in [5.41, 5.74) is 14.6. The summed E-state index contributed by atoms with van der Waals surface area (Å²) in [4.78, 5) is 269. The number of aliphatic hydroxyl groups excluding tert-OH is 1. The zero-order valence-electron chi connectivity index (χ0n) is 74.1. The lowest BCUT2D eigenvalue weighted by atomic mass is 9.97. The number of hydrogen-bond acceptors (Lipinski definition) is 22. The molecule has 0 bridgehead atoms. The van der Waals surface area contributed by atoms with E-state index in [4.69, 9.17) is 11.5 Å². The minimum Gasteiger partial charge on any atom is -0.508 e. The number of amides is 17. The quantitative estimate of drug-likeness (QED) is 0.0322. The number of thioether (sulfide) groups is 1. The molecule has 42 heteroatoms. The number of nitrogens with one attached hydrogen (secondary N) is 15. The number of aromatic nitrogens is 3. The molecule has 1 fully saturated rings. The van der Waals surface area contributed by atoms with Crippen molar-refractivity contribution < 1.29 is 102 Å². The third-order valence-corrected chi connectivity index (χ3v) is 22.2. The van der Waals surface area contributed by atoms with Crippen LogP contribution in [-0.4, -0.2) is 270 Å². The van der Waals surface area contributed by atoms with E-state index >= 15 is 24.0 Å². The largest absolute Gasteiger partial charge is 0.508 e. The van der Waals surface area contributed by atoms with E-state index in [1.165, 1.54) is 71.7 Å². The molecule has 4 aromatic carbocycles. The Morgan fingerprint density at radius 2 is 0.954 bits per heavy atom. The predicted octanol–water partition coefficient (Wildman–Crippen LogP) is -2.25. The van der Waals surface area contributed by atoms with E-state index in [0.29, 0.717) is 33.8 Å². The molecule has 22 N–H and O–H groups in total. The van der Waals surface area contributed by atoms with Gasteiger partial charge in [0.05, 0.1) is 44.6 Å². The zero-order chi connectivity index (χ0) is 95.9. The molecule has 2 aromatic heterocycles. The van der Waals surface area contributed by atoms with Crippen LogP contribution in [0.25, 0.3) is 22.0 Å². The van der Waals surface area contributed by atoms with Gasteiger partial charge in [-0.25, -0.2) is 4.98 Å². The molecule has 0 radical (unpaired) electrons. The van der Waals surface area contributed by atoms with Crippen LogP contribution in [0.5, 0.6) is 5.75 Å². The Labute approximate surface area is 754 Å². The van der Waals surface area contributed by atoms with Gasteiger partial charge in [-0.1, -0.05) is 140 Å². The average Bonchev–Trinajstić information content (AvgIpc) is 1.72. The lowest BCUT2D eigenvalue weighted by Crippen LogP contribution is -2.61. The molecule has 0 spiro atoms. The highest BCUT2D eigenvalue weighted by Crippen LogP contribution is 2.24. The number of carbonyl (C=O) groups excluding carboxylic acids is 17. The number of phenols is 1. The SMILES string of the molecule is CC(C)C[C@@H]1NC(=O)[C@H](Cc2c[nH]c3ccccc23)NC(=O)[C@H](CC(=O)O)NC(=O)[C@H](Cc2ccc(O)cc2)NC(=O)[C@H](Cc2cnc[nH]2)NC(=O)CSC[C@@H](C(=O)NCC(N)=O)NC(=O)[C@H](CO)NC(=O)[C@H](C(C)C)NC(=O)[C@H](CC(C)C)NC(=O)[C@H](CC(N)=O)NC(=O)CN(C)C(=O)[C@H](C)N(C)C(=O)[C@H](C(C)C)NC(=O)[C@H](Cc2ccc(-c3ccccc3)cc2)NC1=O. The third-order valence-electron chi connectivity index (χ3n) is 21.2. The van der Waals surface area contributed by atoms with Crippen molar-refractivity contribution in [1.82, 2.24) is 93.9 Å². The van der Waals surface area contributed by atoms with Crippen LogP contribution in [0.2, 0.25) is 0 Å². The lowest BCUT2D eigenvalue weighted by Gasteiger charge is -2.33. The maximum absolute atomic E-state index is 15.4. The Morgan fingerprint density at radius 3 is 1.48 bits per heavy atom. The summed E-state index contributed by atoms with van der Waals surface area (Å²) in [5.74, 6) is -22.9. The van der Waals surface area contributed by atoms with Crippen LogP contribution in [0.3, 0.4) is 0 Å².